The third-order valence-corrected chi connectivity index (χ3v) is 10.6. The fourth-order valence-electron chi connectivity index (χ4n) is 8.52. The van der Waals surface area contributed by atoms with Gasteiger partial charge >= 0.3 is 0 Å². The van der Waals surface area contributed by atoms with Crippen LogP contribution in [0.3, 0.4) is 0 Å². The van der Waals surface area contributed by atoms with E-state index < -0.39 is 0 Å². The van der Waals surface area contributed by atoms with Crippen LogP contribution in [0.5, 0.6) is 5.75 Å². The normalized spacial score (nSPS) is 34.2. The number of aromatic nitrogens is 1. The maximum Gasteiger partial charge on any atom is 0.240 e. The summed E-state index contributed by atoms with van der Waals surface area (Å²) in [5.41, 5.74) is 3.79. The molecule has 1 spiro atoms. The molecule has 1 N–H and O–H groups in total. The van der Waals surface area contributed by atoms with Gasteiger partial charge in [0.1, 0.15) is 11.6 Å². The molecule has 3 aromatic rings. The molecule has 4 aliphatic rings. The number of nitrogens with one attached hydrogen (secondary N) is 1. The van der Waals surface area contributed by atoms with Crippen molar-refractivity contribution in [2.24, 2.45) is 11.3 Å². The van der Waals surface area contributed by atoms with Crippen molar-refractivity contribution in [3.63, 3.8) is 0 Å². The molecule has 0 radical (unpaired) electrons. The molecule has 1 aliphatic heterocycles. The summed E-state index contributed by atoms with van der Waals surface area (Å²) >= 11 is 1.30. The van der Waals surface area contributed by atoms with Crippen LogP contribution in [-0.2, 0) is 16.6 Å². The first-order valence-corrected chi connectivity index (χ1v) is 13.0. The molecule has 1 amide bonds. The Hall–Kier alpha value is -2.55. The summed E-state index contributed by atoms with van der Waals surface area (Å²) in [6.07, 6.45) is 2.34. The maximum atomic E-state index is 13.6. The molecule has 3 unspecified atom stereocenters. The number of amides is 1. The molecule has 2 aromatic carbocycles. The number of piperidine rings is 1. The number of likely N-dealkylation sites (N-methyl/N-ethyl adjacent to an activating group) is 2. The zero-order valence-corrected chi connectivity index (χ0v) is 21.2. The predicted molar refractivity (Wildman–Crippen MR) is 135 cm³/mol. The van der Waals surface area contributed by atoms with E-state index in [1.165, 1.54) is 41.0 Å². The number of hydrogen-bond donors (Lipinski definition) is 1. The molecular formula is C27H29FN4O2S. The van der Waals surface area contributed by atoms with Crippen molar-refractivity contribution in [2.75, 3.05) is 33.1 Å². The van der Waals surface area contributed by atoms with E-state index >= 15 is 0 Å². The highest BCUT2D eigenvalue weighted by Crippen LogP contribution is 2.77. The smallest absolute Gasteiger partial charge is 0.240 e. The van der Waals surface area contributed by atoms with Crippen LogP contribution in [0.15, 0.2) is 36.4 Å². The molecule has 8 heteroatoms. The lowest BCUT2D eigenvalue weighted by atomic mass is 9.42. The number of methoxy groups -OCH3 is 1. The van der Waals surface area contributed by atoms with Gasteiger partial charge in [0, 0.05) is 29.0 Å². The van der Waals surface area contributed by atoms with Gasteiger partial charge in [-0.05, 0) is 74.3 Å². The first-order valence-electron chi connectivity index (χ1n) is 12.2. The molecule has 1 aromatic heterocycles. The summed E-state index contributed by atoms with van der Waals surface area (Å²) < 4.78 is 19.9. The number of benzene rings is 2. The Morgan fingerprint density at radius 1 is 1.34 bits per heavy atom. The van der Waals surface area contributed by atoms with E-state index in [0.717, 1.165) is 16.9 Å². The Morgan fingerprint density at radius 3 is 2.97 bits per heavy atom. The summed E-state index contributed by atoms with van der Waals surface area (Å²) in [5.74, 6) is 1.13. The van der Waals surface area contributed by atoms with Crippen LogP contribution in [0, 0.1) is 17.2 Å². The van der Waals surface area contributed by atoms with E-state index in [1.807, 2.05) is 0 Å². The largest absolute Gasteiger partial charge is 0.497 e. The number of fused-ring (bicyclic) bond motifs is 3. The van der Waals surface area contributed by atoms with Gasteiger partial charge < -0.3 is 10.1 Å². The quantitative estimate of drug-likeness (QED) is 0.586. The Balaban J connectivity index is 1.19. The average Bonchev–Trinajstić information content (AvgIpc) is 3.17. The number of ether oxygens (including phenoxy) is 1. The van der Waals surface area contributed by atoms with E-state index in [9.17, 15) is 9.18 Å². The minimum Gasteiger partial charge on any atom is -0.497 e. The Bertz CT molecular complexity index is 1390. The van der Waals surface area contributed by atoms with Gasteiger partial charge in [-0.15, -0.1) is 0 Å². The second-order valence-electron chi connectivity index (χ2n) is 11.0. The second-order valence-corrected chi connectivity index (χ2v) is 12.1. The van der Waals surface area contributed by atoms with Crippen LogP contribution in [0.2, 0.25) is 0 Å². The number of nitrogens with zero attached hydrogens (tertiary/aromatic N) is 3. The van der Waals surface area contributed by atoms with Crippen molar-refractivity contribution in [1.82, 2.24) is 14.8 Å². The van der Waals surface area contributed by atoms with Crippen LogP contribution >= 0.6 is 11.3 Å². The van der Waals surface area contributed by atoms with Crippen LogP contribution in [-0.4, -0.2) is 66.6 Å². The zero-order chi connectivity index (χ0) is 24.3. The van der Waals surface area contributed by atoms with Gasteiger partial charge in [-0.3, -0.25) is 14.6 Å². The molecular weight excluding hydrogens is 463 g/mol. The number of halogens is 1. The number of carbonyl (C=O) groups excluding carboxylic acids is 1. The Kier molecular flexibility index (Phi) is 4.35. The maximum absolute atomic E-state index is 13.6. The fourth-order valence-corrected chi connectivity index (χ4v) is 9.43. The van der Waals surface area contributed by atoms with Gasteiger partial charge in [-0.2, -0.15) is 0 Å². The number of carbonyl (C=O) groups is 1. The first kappa shape index (κ1) is 21.7. The van der Waals surface area contributed by atoms with Crippen molar-refractivity contribution in [3.8, 4) is 5.75 Å². The molecule has 3 aliphatic carbocycles. The van der Waals surface area contributed by atoms with Gasteiger partial charge in [0.25, 0.3) is 0 Å². The molecule has 1 saturated heterocycles. The van der Waals surface area contributed by atoms with Crippen molar-refractivity contribution in [2.45, 2.75) is 43.3 Å². The van der Waals surface area contributed by atoms with Crippen molar-refractivity contribution in [3.05, 3.63) is 53.3 Å². The topological polar surface area (TPSA) is 57.7 Å². The molecule has 2 heterocycles. The first-order chi connectivity index (χ1) is 16.8. The third-order valence-electron chi connectivity index (χ3n) is 9.71. The van der Waals surface area contributed by atoms with Gasteiger partial charge in [-0.1, -0.05) is 24.3 Å². The Morgan fingerprint density at radius 2 is 2.17 bits per heavy atom. The van der Waals surface area contributed by atoms with E-state index in [-0.39, 0.29) is 29.7 Å². The highest BCUT2D eigenvalue weighted by molar-refractivity contribution is 7.22. The zero-order valence-electron chi connectivity index (χ0n) is 20.3. The summed E-state index contributed by atoms with van der Waals surface area (Å²) in [7, 11) is 6.07. The van der Waals surface area contributed by atoms with Crippen LogP contribution in [0.25, 0.3) is 10.2 Å². The number of thiazole rings is 1. The van der Waals surface area contributed by atoms with E-state index in [2.05, 4.69) is 59.3 Å². The highest BCUT2D eigenvalue weighted by atomic mass is 32.1. The molecule has 3 fully saturated rings. The van der Waals surface area contributed by atoms with Crippen molar-refractivity contribution < 1.29 is 13.9 Å². The van der Waals surface area contributed by atoms with E-state index in [0.29, 0.717) is 34.1 Å². The lowest BCUT2D eigenvalue weighted by molar-refractivity contribution is -0.215. The minimum absolute atomic E-state index is 0.0452. The SMILES string of the molecule is COc1ccc2c(c1)[C@]1(C)C3CC4N(C)[C@@H]([C@@H]1N(C)CC(=O)Nc1nc5ccc(F)cc5s1)C43C2. The van der Waals surface area contributed by atoms with Crippen LogP contribution in [0.4, 0.5) is 9.52 Å². The minimum atomic E-state index is -0.298. The summed E-state index contributed by atoms with van der Waals surface area (Å²) in [4.78, 5) is 22.4. The fraction of sp³-hybridized carbons (Fsp3) is 0.481. The van der Waals surface area contributed by atoms with Gasteiger partial charge in [0.2, 0.25) is 5.91 Å². The summed E-state index contributed by atoms with van der Waals surface area (Å²) in [5, 5.41) is 3.47. The summed E-state index contributed by atoms with van der Waals surface area (Å²) in [6.45, 7) is 2.70. The highest BCUT2D eigenvalue weighted by Gasteiger charge is 2.83. The van der Waals surface area contributed by atoms with Gasteiger partial charge in [-0.25, -0.2) is 9.37 Å². The number of hydrogen-bond acceptors (Lipinski definition) is 6. The molecule has 6 atom stereocenters. The molecule has 7 rings (SSSR count). The number of likely N-dealkylation sites (tertiary alicyclic amines) is 1. The van der Waals surface area contributed by atoms with E-state index in [4.69, 9.17) is 4.74 Å². The summed E-state index contributed by atoms with van der Waals surface area (Å²) in [6, 6.07) is 12.4. The van der Waals surface area contributed by atoms with E-state index in [1.54, 1.807) is 13.2 Å². The molecule has 2 saturated carbocycles. The predicted octanol–water partition coefficient (Wildman–Crippen LogP) is 3.90. The lowest BCUT2D eigenvalue weighted by Gasteiger charge is -2.72. The Labute approximate surface area is 208 Å². The van der Waals surface area contributed by atoms with Crippen molar-refractivity contribution in [1.29, 1.82) is 0 Å². The van der Waals surface area contributed by atoms with Gasteiger partial charge in [0.15, 0.2) is 5.13 Å². The second kappa shape index (κ2) is 7.02. The number of rotatable bonds is 5. The van der Waals surface area contributed by atoms with Gasteiger partial charge in [0.05, 0.1) is 23.9 Å². The average molecular weight is 493 g/mol. The third kappa shape index (κ3) is 2.60. The molecule has 35 heavy (non-hydrogen) atoms. The van der Waals surface area contributed by atoms with Crippen molar-refractivity contribution >= 4 is 32.6 Å². The molecule has 6 nitrogen and oxygen atoms in total. The van der Waals surface area contributed by atoms with Crippen LogP contribution < -0.4 is 10.1 Å². The lowest BCUT2D eigenvalue weighted by Crippen LogP contribution is -2.79. The molecule has 2 bridgehead atoms. The molecule has 182 valence electrons. The van der Waals surface area contributed by atoms with Crippen LogP contribution in [0.1, 0.15) is 24.5 Å². The monoisotopic (exact) mass is 492 g/mol. The number of anilines is 1. The standard InChI is InChI=1S/C27H29FN4O2S/c1-26-17-10-16(34-4)7-5-14(17)12-27-20(26)11-21(27)32(3)24(27)23(26)31(2)13-22(33)30-25-29-18-8-6-15(28)9-19(18)35-25/h5-10,20-21,23-24H,11-13H2,1-4H3,(H,29,30,33)/t20?,21?,23-,24-,26+,27?/m0/s1.